The maximum Gasteiger partial charge on any atom is 0.161 e. The summed E-state index contributed by atoms with van der Waals surface area (Å²) in [5.41, 5.74) is 4.05. The second-order valence-electron chi connectivity index (χ2n) is 6.88. The minimum atomic E-state index is -0.0739. The van der Waals surface area contributed by atoms with Gasteiger partial charge in [0, 0.05) is 18.3 Å². The Hall–Kier alpha value is -4.38. The number of nitrogens with one attached hydrogen (secondary N) is 1. The van der Waals surface area contributed by atoms with Crippen molar-refractivity contribution in [1.29, 1.82) is 0 Å². The molecule has 5 heteroatoms. The van der Waals surface area contributed by atoms with Crippen molar-refractivity contribution in [2.24, 2.45) is 0 Å². The van der Waals surface area contributed by atoms with E-state index in [1.165, 1.54) is 18.2 Å². The molecule has 0 aliphatic rings. The summed E-state index contributed by atoms with van der Waals surface area (Å²) >= 11 is 0. The molecule has 0 saturated carbocycles. The largest absolute Gasteiger partial charge is 0.507 e. The average Bonchev–Trinajstić information content (AvgIpc) is 2.85. The first-order chi connectivity index (χ1) is 15.9. The lowest BCUT2D eigenvalue weighted by Gasteiger charge is -2.09. The number of carbonyl (C=O) groups is 2. The van der Waals surface area contributed by atoms with Crippen LogP contribution in [0.15, 0.2) is 104 Å². The van der Waals surface area contributed by atoms with Crippen LogP contribution in [0.2, 0.25) is 0 Å². The zero-order valence-electron chi connectivity index (χ0n) is 18.7. The molecule has 0 aliphatic heterocycles. The summed E-state index contributed by atoms with van der Waals surface area (Å²) in [6.45, 7) is 8.70. The first kappa shape index (κ1) is 24.9. The van der Waals surface area contributed by atoms with E-state index in [0.717, 1.165) is 22.4 Å². The lowest BCUT2D eigenvalue weighted by atomic mass is 10.0. The summed E-state index contributed by atoms with van der Waals surface area (Å²) < 4.78 is 5.40. The smallest absolute Gasteiger partial charge is 0.161 e. The van der Waals surface area contributed by atoms with Crippen molar-refractivity contribution >= 4 is 17.8 Å². The fourth-order valence-electron chi connectivity index (χ4n) is 2.95. The molecule has 0 heterocycles. The van der Waals surface area contributed by atoms with Gasteiger partial charge in [-0.05, 0) is 60.5 Å². The molecule has 33 heavy (non-hydrogen) atoms. The Morgan fingerprint density at radius 3 is 2.30 bits per heavy atom. The molecule has 0 spiro atoms. The number of allylic oxidation sites excluding steroid dienone is 3. The maximum absolute atomic E-state index is 11.4. The highest BCUT2D eigenvalue weighted by molar-refractivity contribution is 6.00. The van der Waals surface area contributed by atoms with Crippen LogP contribution in [0.3, 0.4) is 0 Å². The summed E-state index contributed by atoms with van der Waals surface area (Å²) in [6.07, 6.45) is 5.29. The van der Waals surface area contributed by atoms with E-state index >= 15 is 0 Å². The van der Waals surface area contributed by atoms with E-state index in [1.807, 2.05) is 43.4 Å². The van der Waals surface area contributed by atoms with Crippen LogP contribution >= 0.6 is 0 Å². The van der Waals surface area contributed by atoms with Crippen molar-refractivity contribution in [1.82, 2.24) is 0 Å². The molecule has 3 aromatic carbocycles. The number of rotatable bonds is 8. The number of aromatic hydroxyl groups is 1. The topological polar surface area (TPSA) is 75.6 Å². The molecule has 2 N–H and O–H groups in total. The number of anilines is 1. The molecule has 0 fully saturated rings. The van der Waals surface area contributed by atoms with Gasteiger partial charge in [0.2, 0.25) is 0 Å². The number of carbonyl (C=O) groups excluding carboxylic acids is 2. The summed E-state index contributed by atoms with van der Waals surface area (Å²) in [5.74, 6) is 0.967. The van der Waals surface area contributed by atoms with Crippen LogP contribution in [-0.4, -0.2) is 24.2 Å². The predicted octanol–water partition coefficient (Wildman–Crippen LogP) is 6.44. The lowest BCUT2D eigenvalue weighted by Crippen LogP contribution is -2.00. The molecule has 5 nitrogen and oxygen atoms in total. The van der Waals surface area contributed by atoms with Crippen LogP contribution < -0.4 is 10.1 Å². The van der Waals surface area contributed by atoms with Crippen molar-refractivity contribution in [2.45, 2.75) is 6.92 Å². The number of Topliss-reactive ketones (excluding diaryl/α,β-unsaturated/α-hetero) is 1. The molecule has 0 aromatic heterocycles. The molecule has 0 amide bonds. The van der Waals surface area contributed by atoms with Gasteiger partial charge in [0.15, 0.2) is 12.1 Å². The second kappa shape index (κ2) is 12.5. The molecular formula is C28H27NO4. The van der Waals surface area contributed by atoms with Crippen molar-refractivity contribution in [2.75, 3.05) is 12.4 Å². The Bertz CT molecular complexity index is 1160. The van der Waals surface area contributed by atoms with Gasteiger partial charge < -0.3 is 15.2 Å². The number of ether oxygens (including phenoxy) is 1. The van der Waals surface area contributed by atoms with E-state index in [-0.39, 0.29) is 17.1 Å². The van der Waals surface area contributed by atoms with Gasteiger partial charge in [-0.2, -0.15) is 0 Å². The minimum Gasteiger partial charge on any atom is -0.507 e. The molecule has 0 saturated heterocycles. The number of aldehydes is 1. The quantitative estimate of drug-likeness (QED) is 0.182. The van der Waals surface area contributed by atoms with E-state index in [0.29, 0.717) is 17.8 Å². The Morgan fingerprint density at radius 1 is 1.00 bits per heavy atom. The standard InChI is InChI=1S/C15H15NO.C13H12O3/c1-11(17)14-9-8-13(10-15(14)16-2)12-6-4-3-5-7-12;1-3-5-11(4-2)16-12-6-7-13(15)10(8-12)9-14/h3-10,16H,1-2H3;3-9,15H,1-2H2/b;11-5+. The summed E-state index contributed by atoms with van der Waals surface area (Å²) in [7, 11) is 1.83. The highest BCUT2D eigenvalue weighted by Crippen LogP contribution is 2.26. The third-order valence-electron chi connectivity index (χ3n) is 4.62. The average molecular weight is 442 g/mol. The van der Waals surface area contributed by atoms with E-state index in [1.54, 1.807) is 25.1 Å². The Labute approximate surface area is 194 Å². The third kappa shape index (κ3) is 7.08. The molecule has 0 atom stereocenters. The number of hydrogen-bond acceptors (Lipinski definition) is 5. The highest BCUT2D eigenvalue weighted by atomic mass is 16.5. The molecule has 0 bridgehead atoms. The summed E-state index contributed by atoms with van der Waals surface area (Å²) in [5, 5.41) is 12.4. The van der Waals surface area contributed by atoms with Crippen LogP contribution in [0.4, 0.5) is 5.69 Å². The van der Waals surface area contributed by atoms with Gasteiger partial charge in [-0.3, -0.25) is 9.59 Å². The fourth-order valence-corrected chi connectivity index (χ4v) is 2.95. The number of hydrogen-bond donors (Lipinski definition) is 2. The van der Waals surface area contributed by atoms with Crippen molar-refractivity contribution in [3.63, 3.8) is 0 Å². The summed E-state index contributed by atoms with van der Waals surface area (Å²) in [6, 6.07) is 20.4. The van der Waals surface area contributed by atoms with Gasteiger partial charge in [-0.25, -0.2) is 0 Å². The normalized spacial score (nSPS) is 10.3. The second-order valence-corrected chi connectivity index (χ2v) is 6.88. The Kier molecular flexibility index (Phi) is 9.40. The van der Waals surface area contributed by atoms with Crippen molar-refractivity contribution < 1.29 is 19.4 Å². The SMILES string of the molecule is C=C/C=C(\C=C)Oc1ccc(O)c(C=O)c1.CNc1cc(-c2ccccc2)ccc1C(C)=O. The van der Waals surface area contributed by atoms with Crippen LogP contribution in [0, 0.1) is 0 Å². The number of ketones is 1. The van der Waals surface area contributed by atoms with Gasteiger partial charge in [0.25, 0.3) is 0 Å². The highest BCUT2D eigenvalue weighted by Gasteiger charge is 2.07. The summed E-state index contributed by atoms with van der Waals surface area (Å²) in [4.78, 5) is 22.0. The molecular weight excluding hydrogens is 414 g/mol. The monoisotopic (exact) mass is 441 g/mol. The van der Waals surface area contributed by atoms with E-state index in [9.17, 15) is 14.7 Å². The molecule has 3 aromatic rings. The number of benzene rings is 3. The minimum absolute atomic E-state index is 0.0739. The Balaban J connectivity index is 0.000000234. The third-order valence-corrected chi connectivity index (χ3v) is 4.62. The van der Waals surface area contributed by atoms with Gasteiger partial charge in [0.1, 0.15) is 17.3 Å². The van der Waals surface area contributed by atoms with Gasteiger partial charge in [-0.15, -0.1) is 0 Å². The van der Waals surface area contributed by atoms with E-state index < -0.39 is 0 Å². The first-order valence-corrected chi connectivity index (χ1v) is 10.2. The van der Waals surface area contributed by atoms with Crippen LogP contribution in [-0.2, 0) is 0 Å². The molecule has 0 aliphatic carbocycles. The number of phenolic OH excluding ortho intramolecular Hbond substituents is 1. The predicted molar refractivity (Wildman–Crippen MR) is 134 cm³/mol. The van der Waals surface area contributed by atoms with Gasteiger partial charge in [-0.1, -0.05) is 55.6 Å². The van der Waals surface area contributed by atoms with E-state index in [2.05, 4.69) is 30.6 Å². The molecule has 168 valence electrons. The zero-order valence-corrected chi connectivity index (χ0v) is 18.7. The van der Waals surface area contributed by atoms with Crippen molar-refractivity contribution in [3.8, 4) is 22.6 Å². The zero-order chi connectivity index (χ0) is 24.2. The van der Waals surface area contributed by atoms with Gasteiger partial charge >= 0.3 is 0 Å². The van der Waals surface area contributed by atoms with Crippen molar-refractivity contribution in [3.05, 3.63) is 115 Å². The molecule has 0 unspecified atom stereocenters. The number of phenols is 1. The Morgan fingerprint density at radius 2 is 1.73 bits per heavy atom. The fraction of sp³-hybridized carbons (Fsp3) is 0.0714. The molecule has 3 rings (SSSR count). The van der Waals surface area contributed by atoms with Crippen LogP contribution in [0.25, 0.3) is 11.1 Å². The van der Waals surface area contributed by atoms with Gasteiger partial charge in [0.05, 0.1) is 5.56 Å². The maximum atomic E-state index is 11.4. The lowest BCUT2D eigenvalue weighted by molar-refractivity contribution is 0.101. The van der Waals surface area contributed by atoms with Crippen LogP contribution in [0.1, 0.15) is 27.6 Å². The van der Waals surface area contributed by atoms with E-state index in [4.69, 9.17) is 4.74 Å². The molecule has 0 radical (unpaired) electrons. The first-order valence-electron chi connectivity index (χ1n) is 10.2. The van der Waals surface area contributed by atoms with Crippen LogP contribution in [0.5, 0.6) is 11.5 Å².